The van der Waals surface area contributed by atoms with Gasteiger partial charge in [-0.2, -0.15) is 0 Å². The highest BCUT2D eigenvalue weighted by molar-refractivity contribution is 5.87. The van der Waals surface area contributed by atoms with Crippen molar-refractivity contribution < 1.29 is 14.3 Å². The van der Waals surface area contributed by atoms with Crippen LogP contribution in [0, 0.1) is 0 Å². The first-order valence-electron chi connectivity index (χ1n) is 6.45. The molecule has 1 aliphatic rings. The highest BCUT2D eigenvalue weighted by atomic mass is 16.5. The van der Waals surface area contributed by atoms with E-state index in [1.165, 1.54) is 0 Å². The van der Waals surface area contributed by atoms with Crippen LogP contribution in [0.2, 0.25) is 0 Å². The molecule has 1 fully saturated rings. The average molecular weight is 254 g/mol. The SMILES string of the molecule is C=CCC(N)C(=O)N1CCCCC1C(=O)OCC. The second-order valence-electron chi connectivity index (χ2n) is 4.43. The Balaban J connectivity index is 2.72. The van der Waals surface area contributed by atoms with Gasteiger partial charge >= 0.3 is 5.97 Å². The number of nitrogens with two attached hydrogens (primary N) is 1. The Morgan fingerprint density at radius 1 is 1.56 bits per heavy atom. The van der Waals surface area contributed by atoms with E-state index in [1.807, 2.05) is 0 Å². The summed E-state index contributed by atoms with van der Waals surface area (Å²) in [5.74, 6) is -0.510. The number of piperidine rings is 1. The van der Waals surface area contributed by atoms with Crippen LogP contribution in [0.15, 0.2) is 12.7 Å². The quantitative estimate of drug-likeness (QED) is 0.582. The number of hydrogen-bond acceptors (Lipinski definition) is 4. The van der Waals surface area contributed by atoms with E-state index in [1.54, 1.807) is 17.9 Å². The van der Waals surface area contributed by atoms with E-state index in [0.29, 0.717) is 26.0 Å². The molecule has 0 saturated carbocycles. The molecule has 1 amide bonds. The van der Waals surface area contributed by atoms with E-state index in [2.05, 4.69) is 6.58 Å². The van der Waals surface area contributed by atoms with Crippen molar-refractivity contribution in [3.05, 3.63) is 12.7 Å². The normalized spacial score (nSPS) is 21.2. The molecule has 0 aliphatic carbocycles. The Bertz CT molecular complexity index is 317. The van der Waals surface area contributed by atoms with Crippen molar-refractivity contribution >= 4 is 11.9 Å². The lowest BCUT2D eigenvalue weighted by molar-refractivity contribution is -0.157. The van der Waals surface area contributed by atoms with Crippen molar-refractivity contribution in [1.82, 2.24) is 4.90 Å². The maximum absolute atomic E-state index is 12.2. The lowest BCUT2D eigenvalue weighted by Gasteiger charge is -2.35. The number of nitrogens with zero attached hydrogens (tertiary/aromatic N) is 1. The van der Waals surface area contributed by atoms with Crippen LogP contribution in [-0.4, -0.2) is 42.0 Å². The largest absolute Gasteiger partial charge is 0.464 e. The standard InChI is InChI=1S/C13H22N2O3/c1-3-7-10(14)12(16)15-9-6-5-8-11(15)13(17)18-4-2/h3,10-11H,1,4-9,14H2,2H3. The van der Waals surface area contributed by atoms with Crippen molar-refractivity contribution in [1.29, 1.82) is 0 Å². The van der Waals surface area contributed by atoms with Gasteiger partial charge in [0, 0.05) is 6.54 Å². The average Bonchev–Trinajstić information content (AvgIpc) is 2.38. The Morgan fingerprint density at radius 3 is 2.89 bits per heavy atom. The summed E-state index contributed by atoms with van der Waals surface area (Å²) >= 11 is 0. The number of esters is 1. The van der Waals surface area contributed by atoms with Crippen LogP contribution >= 0.6 is 0 Å². The zero-order chi connectivity index (χ0) is 13.5. The van der Waals surface area contributed by atoms with Gasteiger partial charge in [0.2, 0.25) is 5.91 Å². The number of ether oxygens (including phenoxy) is 1. The first-order valence-corrected chi connectivity index (χ1v) is 6.45. The monoisotopic (exact) mass is 254 g/mol. The summed E-state index contributed by atoms with van der Waals surface area (Å²) in [5.41, 5.74) is 5.78. The highest BCUT2D eigenvalue weighted by Gasteiger charge is 2.34. The van der Waals surface area contributed by atoms with E-state index in [9.17, 15) is 9.59 Å². The lowest BCUT2D eigenvalue weighted by atomic mass is 10.0. The molecule has 1 heterocycles. The van der Waals surface area contributed by atoms with Crippen LogP contribution in [0.3, 0.4) is 0 Å². The summed E-state index contributed by atoms with van der Waals surface area (Å²) in [5, 5.41) is 0. The Kier molecular flexibility index (Phi) is 5.85. The molecule has 5 heteroatoms. The van der Waals surface area contributed by atoms with Gasteiger partial charge in [0.15, 0.2) is 0 Å². The number of amides is 1. The van der Waals surface area contributed by atoms with Crippen LogP contribution in [0.1, 0.15) is 32.6 Å². The van der Waals surface area contributed by atoms with Crippen molar-refractivity contribution in [3.8, 4) is 0 Å². The van der Waals surface area contributed by atoms with Gasteiger partial charge in [-0.05, 0) is 32.6 Å². The fraction of sp³-hybridized carbons (Fsp3) is 0.692. The highest BCUT2D eigenvalue weighted by Crippen LogP contribution is 2.19. The maximum Gasteiger partial charge on any atom is 0.328 e. The molecule has 0 radical (unpaired) electrons. The minimum absolute atomic E-state index is 0.187. The molecule has 2 unspecified atom stereocenters. The van der Waals surface area contributed by atoms with Gasteiger partial charge in [0.05, 0.1) is 12.6 Å². The molecule has 0 aromatic carbocycles. The molecule has 1 rings (SSSR count). The molecule has 0 bridgehead atoms. The van der Waals surface area contributed by atoms with E-state index >= 15 is 0 Å². The molecule has 0 aromatic heterocycles. The Labute approximate surface area is 108 Å². The van der Waals surface area contributed by atoms with Crippen molar-refractivity contribution in [2.45, 2.75) is 44.7 Å². The van der Waals surface area contributed by atoms with E-state index in [0.717, 1.165) is 12.8 Å². The predicted octanol–water partition coefficient (Wildman–Crippen LogP) is 0.834. The molecule has 102 valence electrons. The van der Waals surface area contributed by atoms with Gasteiger partial charge in [-0.1, -0.05) is 6.08 Å². The Morgan fingerprint density at radius 2 is 2.28 bits per heavy atom. The van der Waals surface area contributed by atoms with Crippen LogP contribution < -0.4 is 5.73 Å². The van der Waals surface area contributed by atoms with E-state index in [4.69, 9.17) is 10.5 Å². The van der Waals surface area contributed by atoms with Gasteiger partial charge in [-0.15, -0.1) is 6.58 Å². The predicted molar refractivity (Wildman–Crippen MR) is 68.8 cm³/mol. The molecule has 2 N–H and O–H groups in total. The molecule has 18 heavy (non-hydrogen) atoms. The van der Waals surface area contributed by atoms with Gasteiger partial charge < -0.3 is 15.4 Å². The summed E-state index contributed by atoms with van der Waals surface area (Å²) < 4.78 is 5.01. The number of hydrogen-bond donors (Lipinski definition) is 1. The fourth-order valence-corrected chi connectivity index (χ4v) is 2.17. The third kappa shape index (κ3) is 3.57. The first-order chi connectivity index (χ1) is 8.61. The molecule has 0 spiro atoms. The van der Waals surface area contributed by atoms with Crippen LogP contribution in [0.25, 0.3) is 0 Å². The summed E-state index contributed by atoms with van der Waals surface area (Å²) in [7, 11) is 0. The van der Waals surface area contributed by atoms with E-state index < -0.39 is 12.1 Å². The molecule has 2 atom stereocenters. The topological polar surface area (TPSA) is 72.6 Å². The molecular formula is C13H22N2O3. The van der Waals surface area contributed by atoms with E-state index in [-0.39, 0.29) is 11.9 Å². The van der Waals surface area contributed by atoms with Gasteiger partial charge in [0.1, 0.15) is 6.04 Å². The van der Waals surface area contributed by atoms with Crippen molar-refractivity contribution in [3.63, 3.8) is 0 Å². The number of likely N-dealkylation sites (tertiary alicyclic amines) is 1. The minimum Gasteiger partial charge on any atom is -0.464 e. The zero-order valence-corrected chi connectivity index (χ0v) is 10.9. The van der Waals surface area contributed by atoms with Crippen LogP contribution in [0.4, 0.5) is 0 Å². The second kappa shape index (κ2) is 7.16. The van der Waals surface area contributed by atoms with Gasteiger partial charge in [-0.3, -0.25) is 4.79 Å². The fourth-order valence-electron chi connectivity index (χ4n) is 2.17. The van der Waals surface area contributed by atoms with Crippen molar-refractivity contribution in [2.24, 2.45) is 5.73 Å². The third-order valence-electron chi connectivity index (χ3n) is 3.08. The zero-order valence-electron chi connectivity index (χ0n) is 10.9. The van der Waals surface area contributed by atoms with Gasteiger partial charge in [-0.25, -0.2) is 4.79 Å². The minimum atomic E-state index is -0.613. The summed E-state index contributed by atoms with van der Waals surface area (Å²) in [6.07, 6.45) is 4.54. The summed E-state index contributed by atoms with van der Waals surface area (Å²) in [6, 6.07) is -1.08. The van der Waals surface area contributed by atoms with Gasteiger partial charge in [0.25, 0.3) is 0 Å². The maximum atomic E-state index is 12.2. The Hall–Kier alpha value is -1.36. The molecule has 1 aliphatic heterocycles. The summed E-state index contributed by atoms with van der Waals surface area (Å²) in [6.45, 7) is 6.24. The van der Waals surface area contributed by atoms with Crippen LogP contribution in [0.5, 0.6) is 0 Å². The van der Waals surface area contributed by atoms with Crippen molar-refractivity contribution in [2.75, 3.05) is 13.2 Å². The molecule has 0 aromatic rings. The third-order valence-corrected chi connectivity index (χ3v) is 3.08. The molecule has 5 nitrogen and oxygen atoms in total. The smallest absolute Gasteiger partial charge is 0.328 e. The second-order valence-corrected chi connectivity index (χ2v) is 4.43. The van der Waals surface area contributed by atoms with Crippen LogP contribution in [-0.2, 0) is 14.3 Å². The lowest BCUT2D eigenvalue weighted by Crippen LogP contribution is -2.53. The number of carbonyl (C=O) groups excluding carboxylic acids is 2. The molecular weight excluding hydrogens is 232 g/mol. The molecule has 1 saturated heterocycles. The first kappa shape index (κ1) is 14.7. The summed E-state index contributed by atoms with van der Waals surface area (Å²) in [4.78, 5) is 25.5. The number of carbonyl (C=O) groups is 2. The number of rotatable bonds is 5.